The predicted molar refractivity (Wildman–Crippen MR) is 260 cm³/mol. The molecule has 332 valence electrons. The van der Waals surface area contributed by atoms with Crippen LogP contribution in [0.2, 0.25) is 30.1 Å². The number of aliphatic hydroxyl groups excluding tert-OH is 1. The average molecular weight is 985 g/mol. The largest absolute Gasteiger partial charge is 0.395 e. The Morgan fingerprint density at radius 2 is 0.933 bits per heavy atom. The number of anilines is 2. The molecule has 2 aliphatic rings. The molecule has 0 amide bonds. The Morgan fingerprint density at radius 1 is 0.583 bits per heavy atom. The summed E-state index contributed by atoms with van der Waals surface area (Å²) in [5, 5.41) is 13.4. The molecule has 8 nitrogen and oxygen atoms in total. The van der Waals surface area contributed by atoms with Crippen LogP contribution in [0.5, 0.6) is 0 Å². The van der Waals surface area contributed by atoms with Crippen molar-refractivity contribution in [3.63, 3.8) is 0 Å². The third-order valence-electron chi connectivity index (χ3n) is 10.2. The summed E-state index contributed by atoms with van der Waals surface area (Å²) in [7, 11) is 1.31. The lowest BCUT2D eigenvalue weighted by Gasteiger charge is -2.43. The highest BCUT2D eigenvalue weighted by Crippen LogP contribution is 2.38. The number of rotatable bonds is 11. The van der Waals surface area contributed by atoms with Crippen LogP contribution < -0.4 is 9.80 Å². The molecule has 2 atom stereocenters. The number of benzene rings is 4. The fourth-order valence-electron chi connectivity index (χ4n) is 7.16. The van der Waals surface area contributed by atoms with E-state index in [9.17, 15) is 13.5 Å². The highest BCUT2D eigenvalue weighted by atomic mass is 35.7. The van der Waals surface area contributed by atoms with Gasteiger partial charge in [0.15, 0.2) is 0 Å². The van der Waals surface area contributed by atoms with E-state index in [1.54, 1.807) is 6.07 Å². The van der Waals surface area contributed by atoms with Gasteiger partial charge in [0, 0.05) is 76.6 Å². The first-order valence-electron chi connectivity index (χ1n) is 20.1. The number of piperazine rings is 2. The molecule has 0 saturated carbocycles. The van der Waals surface area contributed by atoms with Crippen molar-refractivity contribution in [2.75, 3.05) is 94.7 Å². The molecule has 4 aromatic rings. The van der Waals surface area contributed by atoms with Crippen molar-refractivity contribution in [3.8, 4) is 0 Å². The van der Waals surface area contributed by atoms with Crippen LogP contribution in [0, 0.1) is 0 Å². The summed E-state index contributed by atoms with van der Waals surface area (Å²) in [6.45, 7) is 19.8. The maximum Gasteiger partial charge on any atom is 0.229 e. The second kappa shape index (κ2) is 26.8. The number of aliphatic hydroxyl groups is 1. The SMILES string of the molecule is CCCN1CCN(c2ccc(Cl)cc2Cl)[C@H](c2ccc(Cl)cc2)C1.CCN(CC)CC.CS(=O)(=O)Cl.OCCN1CCN(c2ccc(Cl)cc2Cl)[C@H](c2ccc(Cl)cc2)C1. The molecule has 0 aromatic heterocycles. The minimum Gasteiger partial charge on any atom is -0.395 e. The van der Waals surface area contributed by atoms with Crippen LogP contribution in [0.25, 0.3) is 0 Å². The van der Waals surface area contributed by atoms with Gasteiger partial charge in [0.05, 0.1) is 46.4 Å². The summed E-state index contributed by atoms with van der Waals surface area (Å²) in [4.78, 5) is 11.8. The summed E-state index contributed by atoms with van der Waals surface area (Å²) in [6.07, 6.45) is 2.09. The smallest absolute Gasteiger partial charge is 0.229 e. The fraction of sp³-hybridized carbons (Fsp3) is 0.455. The molecular weight excluding hydrogens is 927 g/mol. The minimum absolute atomic E-state index is 0.140. The number of halogens is 7. The summed E-state index contributed by atoms with van der Waals surface area (Å²) in [5.74, 6) is 0. The van der Waals surface area contributed by atoms with Crippen LogP contribution in [0.3, 0.4) is 0 Å². The van der Waals surface area contributed by atoms with Crippen molar-refractivity contribution >= 4 is 101 Å². The van der Waals surface area contributed by atoms with Gasteiger partial charge in [-0.2, -0.15) is 0 Å². The van der Waals surface area contributed by atoms with Gasteiger partial charge in [-0.25, -0.2) is 8.42 Å². The molecule has 16 heteroatoms. The van der Waals surface area contributed by atoms with Gasteiger partial charge >= 0.3 is 0 Å². The first kappa shape index (κ1) is 52.6. The second-order valence-corrected chi connectivity index (χ2v) is 19.9. The van der Waals surface area contributed by atoms with Gasteiger partial charge in [0.25, 0.3) is 0 Å². The van der Waals surface area contributed by atoms with Crippen molar-refractivity contribution in [1.82, 2.24) is 14.7 Å². The van der Waals surface area contributed by atoms with Gasteiger partial charge < -0.3 is 19.8 Å². The lowest BCUT2D eigenvalue weighted by Crippen LogP contribution is -2.49. The van der Waals surface area contributed by atoms with Gasteiger partial charge in [-0.05, 0) is 104 Å². The molecule has 2 fully saturated rings. The van der Waals surface area contributed by atoms with Gasteiger partial charge in [-0.1, -0.05) is 122 Å². The summed E-state index contributed by atoms with van der Waals surface area (Å²) in [5.41, 5.74) is 4.45. The van der Waals surface area contributed by atoms with E-state index in [0.29, 0.717) is 26.6 Å². The second-order valence-electron chi connectivity index (χ2n) is 14.3. The first-order chi connectivity index (χ1) is 28.5. The molecule has 2 aliphatic heterocycles. The standard InChI is InChI=1S/C19H21Cl3N2.C18H19Cl3N2O.C6H15N.CH3ClO2S/c1-2-9-23-10-11-24(18-8-7-16(21)12-17(18)22)19(13-23)14-3-5-15(20)6-4-14;19-14-3-1-13(2-4-14)18-12-22(9-10-24)7-8-23(18)17-6-5-15(20)11-16(17)21;1-4-7(5-2)6-3;1-5(2,3)4/h3-8,12,19H,2,9-11,13H2,1H3;1-6,11,18,24H,7-10,12H2;4-6H2,1-3H3;1H3/t19-;18-;;/m00../s1. The Hall–Kier alpha value is -1.70. The maximum atomic E-state index is 9.40. The van der Waals surface area contributed by atoms with E-state index in [1.807, 2.05) is 66.7 Å². The molecule has 1 N–H and O–H groups in total. The normalized spacial score (nSPS) is 17.2. The molecule has 0 unspecified atom stereocenters. The Labute approximate surface area is 393 Å². The van der Waals surface area contributed by atoms with Crippen molar-refractivity contribution in [2.24, 2.45) is 0 Å². The van der Waals surface area contributed by atoms with E-state index in [-0.39, 0.29) is 18.7 Å². The number of nitrogens with zero attached hydrogens (tertiary/aromatic N) is 5. The predicted octanol–water partition coefficient (Wildman–Crippen LogP) is 12.0. The summed E-state index contributed by atoms with van der Waals surface area (Å²) in [6, 6.07) is 27.8. The van der Waals surface area contributed by atoms with Crippen molar-refractivity contribution in [2.45, 2.75) is 46.2 Å². The van der Waals surface area contributed by atoms with E-state index in [0.717, 1.165) is 79.9 Å². The monoisotopic (exact) mass is 981 g/mol. The van der Waals surface area contributed by atoms with Crippen LogP contribution in [0.1, 0.15) is 57.3 Å². The van der Waals surface area contributed by atoms with Crippen LogP contribution in [0.4, 0.5) is 11.4 Å². The molecule has 0 radical (unpaired) electrons. The zero-order valence-corrected chi connectivity index (χ0v) is 41.1. The third kappa shape index (κ3) is 17.8. The third-order valence-corrected chi connectivity index (χ3v) is 11.8. The number of hydrogen-bond acceptors (Lipinski definition) is 8. The van der Waals surface area contributed by atoms with E-state index in [4.69, 9.17) is 69.6 Å². The van der Waals surface area contributed by atoms with Crippen LogP contribution in [0.15, 0.2) is 84.9 Å². The van der Waals surface area contributed by atoms with E-state index in [2.05, 4.69) is 75.0 Å². The van der Waals surface area contributed by atoms with Crippen LogP contribution in [-0.2, 0) is 9.05 Å². The average Bonchev–Trinajstić information content (AvgIpc) is 3.20. The van der Waals surface area contributed by atoms with E-state index in [1.165, 1.54) is 30.8 Å². The van der Waals surface area contributed by atoms with Gasteiger partial charge in [-0.3, -0.25) is 9.80 Å². The molecule has 60 heavy (non-hydrogen) atoms. The topological polar surface area (TPSA) is 70.6 Å². The molecule has 0 bridgehead atoms. The molecule has 2 saturated heterocycles. The van der Waals surface area contributed by atoms with E-state index < -0.39 is 9.05 Å². The van der Waals surface area contributed by atoms with Crippen LogP contribution >= 0.6 is 80.3 Å². The molecule has 2 heterocycles. The zero-order chi connectivity index (χ0) is 44.4. The lowest BCUT2D eigenvalue weighted by molar-refractivity contribution is 0.171. The Bertz CT molecular complexity index is 1840. The summed E-state index contributed by atoms with van der Waals surface area (Å²) >= 11 is 37.1. The number of hydrogen-bond donors (Lipinski definition) is 1. The van der Waals surface area contributed by atoms with Crippen LogP contribution in [-0.4, -0.2) is 113 Å². The first-order valence-corrected chi connectivity index (χ1v) is 25.1. The molecule has 4 aromatic carbocycles. The quantitative estimate of drug-likeness (QED) is 0.149. The fourth-order valence-corrected chi connectivity index (χ4v) is 8.45. The molecular formula is C44H58Cl7N5O3S. The maximum absolute atomic E-state index is 9.40. The Kier molecular flexibility index (Phi) is 23.5. The summed E-state index contributed by atoms with van der Waals surface area (Å²) < 4.78 is 18.8. The van der Waals surface area contributed by atoms with Crippen molar-refractivity contribution < 1.29 is 13.5 Å². The number of β-amino-alcohol motifs (C(OH)–C–C–N with tert-alkyl or cyclic N) is 1. The highest BCUT2D eigenvalue weighted by molar-refractivity contribution is 8.13. The van der Waals surface area contributed by atoms with Gasteiger partial charge in [0.1, 0.15) is 0 Å². The highest BCUT2D eigenvalue weighted by Gasteiger charge is 2.31. The van der Waals surface area contributed by atoms with E-state index >= 15 is 0 Å². The minimum atomic E-state index is -3.19. The van der Waals surface area contributed by atoms with Crippen molar-refractivity contribution in [3.05, 3.63) is 126 Å². The molecule has 0 spiro atoms. The Balaban J connectivity index is 0.000000253. The molecule has 0 aliphatic carbocycles. The lowest BCUT2D eigenvalue weighted by atomic mass is 10.0. The van der Waals surface area contributed by atoms with Crippen molar-refractivity contribution in [1.29, 1.82) is 0 Å². The van der Waals surface area contributed by atoms with Gasteiger partial charge in [0.2, 0.25) is 9.05 Å². The van der Waals surface area contributed by atoms with Gasteiger partial charge in [-0.15, -0.1) is 0 Å². The molecule has 6 rings (SSSR count). The Morgan fingerprint density at radius 3 is 1.23 bits per heavy atom. The zero-order valence-electron chi connectivity index (χ0n) is 35.0.